The van der Waals surface area contributed by atoms with Crippen molar-refractivity contribution in [3.05, 3.63) is 52.8 Å². The van der Waals surface area contributed by atoms with Gasteiger partial charge in [0.25, 0.3) is 5.91 Å². The highest BCUT2D eigenvalue weighted by Crippen LogP contribution is 2.31. The fourth-order valence-electron chi connectivity index (χ4n) is 3.21. The molecule has 0 bridgehead atoms. The maximum Gasteiger partial charge on any atom is 0.416 e. The smallest absolute Gasteiger partial charge is 0.364 e. The molecular weight excluding hydrogens is 397 g/mol. The molecular formula is C17H19F3N4O3S. The minimum atomic E-state index is -4.46. The molecule has 11 heteroatoms. The summed E-state index contributed by atoms with van der Waals surface area (Å²) >= 11 is 0. The second-order valence-corrected chi connectivity index (χ2v) is 8.67. The number of H-pyrrole nitrogens is 1. The topological polar surface area (TPSA) is 109 Å². The van der Waals surface area contributed by atoms with Crippen LogP contribution in [0.4, 0.5) is 13.2 Å². The van der Waals surface area contributed by atoms with Crippen LogP contribution >= 0.6 is 0 Å². The van der Waals surface area contributed by atoms with E-state index in [-0.39, 0.29) is 30.5 Å². The second-order valence-electron chi connectivity index (χ2n) is 6.70. The molecule has 3 rings (SSSR count). The highest BCUT2D eigenvalue weighted by atomic mass is 32.2. The van der Waals surface area contributed by atoms with E-state index in [4.69, 9.17) is 5.73 Å². The molecule has 2 heterocycles. The maximum absolute atomic E-state index is 12.6. The van der Waals surface area contributed by atoms with Crippen LogP contribution in [0.1, 0.15) is 46.1 Å². The van der Waals surface area contributed by atoms with Gasteiger partial charge in [-0.25, -0.2) is 12.7 Å². The fraction of sp³-hybridized carbons (Fsp3) is 0.412. The maximum atomic E-state index is 12.6. The molecule has 0 unspecified atom stereocenters. The SMILES string of the molecule is NC(=O)c1cc(C2CCN(S(=O)(=O)Cc3ccc(C(F)(F)F)cc3)CC2)[nH]n1. The van der Waals surface area contributed by atoms with E-state index < -0.39 is 27.7 Å². The Morgan fingerprint density at radius 1 is 1.21 bits per heavy atom. The van der Waals surface area contributed by atoms with Gasteiger partial charge in [-0.05, 0) is 36.6 Å². The van der Waals surface area contributed by atoms with Crippen LogP contribution in [0, 0.1) is 0 Å². The number of benzene rings is 1. The van der Waals surface area contributed by atoms with Gasteiger partial charge in [0, 0.05) is 24.7 Å². The number of hydrogen-bond acceptors (Lipinski definition) is 4. The summed E-state index contributed by atoms with van der Waals surface area (Å²) < 4.78 is 64.4. The average molecular weight is 416 g/mol. The Kier molecular flexibility index (Phi) is 5.48. The Balaban J connectivity index is 1.61. The van der Waals surface area contributed by atoms with Crippen LogP contribution in [0.15, 0.2) is 30.3 Å². The van der Waals surface area contributed by atoms with Gasteiger partial charge in [0.2, 0.25) is 10.0 Å². The Morgan fingerprint density at radius 3 is 2.32 bits per heavy atom. The predicted octanol–water partition coefficient (Wildman–Crippen LogP) is 2.24. The summed E-state index contributed by atoms with van der Waals surface area (Å²) in [4.78, 5) is 11.1. The van der Waals surface area contributed by atoms with E-state index in [1.807, 2.05) is 0 Å². The number of alkyl halides is 3. The van der Waals surface area contributed by atoms with Gasteiger partial charge in [0.1, 0.15) is 5.69 Å². The molecule has 1 fully saturated rings. The molecule has 1 aliphatic rings. The van der Waals surface area contributed by atoms with Gasteiger partial charge in [-0.1, -0.05) is 12.1 Å². The Bertz CT molecular complexity index is 947. The summed E-state index contributed by atoms with van der Waals surface area (Å²) in [7, 11) is -3.65. The third-order valence-corrected chi connectivity index (χ3v) is 6.62. The first-order valence-corrected chi connectivity index (χ1v) is 10.2. The molecule has 1 aliphatic heterocycles. The summed E-state index contributed by atoms with van der Waals surface area (Å²) in [5.41, 5.74) is 5.52. The average Bonchev–Trinajstić information content (AvgIpc) is 3.12. The first-order chi connectivity index (χ1) is 13.1. The third kappa shape index (κ3) is 4.53. The van der Waals surface area contributed by atoms with E-state index in [1.54, 1.807) is 6.07 Å². The van der Waals surface area contributed by atoms with E-state index >= 15 is 0 Å². The van der Waals surface area contributed by atoms with Crippen LogP contribution in [0.2, 0.25) is 0 Å². The molecule has 28 heavy (non-hydrogen) atoms. The van der Waals surface area contributed by atoms with Crippen molar-refractivity contribution in [2.75, 3.05) is 13.1 Å². The number of rotatable bonds is 5. The zero-order valence-electron chi connectivity index (χ0n) is 14.7. The Hall–Kier alpha value is -2.40. The summed E-state index contributed by atoms with van der Waals surface area (Å²) in [5.74, 6) is -0.969. The largest absolute Gasteiger partial charge is 0.416 e. The van der Waals surface area contributed by atoms with Gasteiger partial charge >= 0.3 is 6.18 Å². The first kappa shape index (κ1) is 20.3. The monoisotopic (exact) mass is 416 g/mol. The Morgan fingerprint density at radius 2 is 1.82 bits per heavy atom. The van der Waals surface area contributed by atoms with Crippen molar-refractivity contribution < 1.29 is 26.4 Å². The van der Waals surface area contributed by atoms with Gasteiger partial charge in [-0.2, -0.15) is 18.3 Å². The number of nitrogens with two attached hydrogens (primary N) is 1. The minimum absolute atomic E-state index is 0.0260. The van der Waals surface area contributed by atoms with Crippen molar-refractivity contribution in [3.63, 3.8) is 0 Å². The van der Waals surface area contributed by atoms with E-state index in [2.05, 4.69) is 10.2 Å². The lowest BCUT2D eigenvalue weighted by atomic mass is 9.94. The van der Waals surface area contributed by atoms with Crippen LogP contribution in [-0.4, -0.2) is 41.9 Å². The normalized spacial score (nSPS) is 17.0. The fourth-order valence-corrected chi connectivity index (χ4v) is 4.77. The summed E-state index contributed by atoms with van der Waals surface area (Å²) in [6, 6.07) is 5.70. The van der Waals surface area contributed by atoms with Crippen molar-refractivity contribution in [1.82, 2.24) is 14.5 Å². The molecule has 0 atom stereocenters. The molecule has 1 aromatic heterocycles. The lowest BCUT2D eigenvalue weighted by Crippen LogP contribution is -2.38. The van der Waals surface area contributed by atoms with Gasteiger partial charge < -0.3 is 5.73 Å². The van der Waals surface area contributed by atoms with E-state index in [1.165, 1.54) is 16.4 Å². The Labute approximate surface area is 159 Å². The molecule has 1 saturated heterocycles. The lowest BCUT2D eigenvalue weighted by Gasteiger charge is -2.30. The van der Waals surface area contributed by atoms with Crippen LogP contribution < -0.4 is 5.73 Å². The van der Waals surface area contributed by atoms with Gasteiger partial charge in [0.15, 0.2) is 0 Å². The third-order valence-electron chi connectivity index (χ3n) is 4.77. The summed E-state index contributed by atoms with van der Waals surface area (Å²) in [5, 5.41) is 6.58. The van der Waals surface area contributed by atoms with Crippen LogP contribution in [-0.2, 0) is 22.0 Å². The van der Waals surface area contributed by atoms with Crippen LogP contribution in [0.5, 0.6) is 0 Å². The number of nitrogens with zero attached hydrogens (tertiary/aromatic N) is 2. The van der Waals surface area contributed by atoms with Crippen molar-refractivity contribution in [3.8, 4) is 0 Å². The molecule has 7 nitrogen and oxygen atoms in total. The number of piperidine rings is 1. The highest BCUT2D eigenvalue weighted by molar-refractivity contribution is 7.88. The molecule has 0 radical (unpaired) electrons. The molecule has 0 aliphatic carbocycles. The summed E-state index contributed by atoms with van der Waals surface area (Å²) in [6.07, 6.45) is -3.39. The number of sulfonamides is 1. The zero-order valence-corrected chi connectivity index (χ0v) is 15.6. The highest BCUT2D eigenvalue weighted by Gasteiger charge is 2.32. The molecule has 152 valence electrons. The molecule has 2 aromatic rings. The van der Waals surface area contributed by atoms with Crippen molar-refractivity contribution in [2.45, 2.75) is 30.7 Å². The zero-order chi connectivity index (χ0) is 20.5. The van der Waals surface area contributed by atoms with Gasteiger partial charge in [-0.3, -0.25) is 9.89 Å². The van der Waals surface area contributed by atoms with E-state index in [9.17, 15) is 26.4 Å². The van der Waals surface area contributed by atoms with Crippen molar-refractivity contribution >= 4 is 15.9 Å². The molecule has 3 N–H and O–H groups in total. The molecule has 1 amide bonds. The predicted molar refractivity (Wildman–Crippen MR) is 94.7 cm³/mol. The number of carbonyl (C=O) groups excluding carboxylic acids is 1. The van der Waals surface area contributed by atoms with Crippen LogP contribution in [0.25, 0.3) is 0 Å². The van der Waals surface area contributed by atoms with Crippen molar-refractivity contribution in [1.29, 1.82) is 0 Å². The lowest BCUT2D eigenvalue weighted by molar-refractivity contribution is -0.137. The number of aromatic nitrogens is 2. The standard InChI is InChI=1S/C17H19F3N4O3S/c18-17(19,20)13-3-1-11(2-4-13)10-28(26,27)24-7-5-12(6-8-24)14-9-15(16(21)25)23-22-14/h1-4,9,12H,5-8,10H2,(H2,21,25)(H,22,23). The molecule has 0 saturated carbocycles. The van der Waals surface area contributed by atoms with Gasteiger partial charge in [0.05, 0.1) is 11.3 Å². The number of hydrogen-bond donors (Lipinski definition) is 2. The van der Waals surface area contributed by atoms with E-state index in [0.717, 1.165) is 17.8 Å². The second kappa shape index (κ2) is 7.55. The summed E-state index contributed by atoms with van der Waals surface area (Å²) in [6.45, 7) is 0.553. The van der Waals surface area contributed by atoms with E-state index in [0.29, 0.717) is 18.4 Å². The van der Waals surface area contributed by atoms with Crippen LogP contribution in [0.3, 0.4) is 0 Å². The number of nitrogens with one attached hydrogen (secondary N) is 1. The first-order valence-electron chi connectivity index (χ1n) is 8.55. The molecule has 1 aromatic carbocycles. The number of amides is 1. The number of carbonyl (C=O) groups is 1. The quantitative estimate of drug-likeness (QED) is 0.779. The number of primary amides is 1. The van der Waals surface area contributed by atoms with Gasteiger partial charge in [-0.15, -0.1) is 0 Å². The molecule has 0 spiro atoms. The van der Waals surface area contributed by atoms with Crippen molar-refractivity contribution in [2.24, 2.45) is 5.73 Å². The number of halogens is 3. The minimum Gasteiger partial charge on any atom is -0.364 e. The number of aromatic amines is 1.